The number of anilines is 2. The number of rotatable bonds is 7. The minimum atomic E-state index is -0.897. The van der Waals surface area contributed by atoms with Gasteiger partial charge >= 0.3 is 0 Å². The highest BCUT2D eigenvalue weighted by atomic mass is 35.5. The van der Waals surface area contributed by atoms with E-state index in [1.165, 1.54) is 18.1 Å². The number of fused-ring (bicyclic) bond motifs is 3. The van der Waals surface area contributed by atoms with Crippen LogP contribution in [0.15, 0.2) is 72.8 Å². The second kappa shape index (κ2) is 17.2. The van der Waals surface area contributed by atoms with Crippen LogP contribution in [0.3, 0.4) is 0 Å². The number of piperidine rings is 2. The lowest BCUT2D eigenvalue weighted by Gasteiger charge is -2.39. The fraction of sp³-hybridized carbons (Fsp3) is 0.415. The van der Waals surface area contributed by atoms with E-state index in [1.54, 1.807) is 36.4 Å². The maximum Gasteiger partial charge on any atom is 0.255 e. The minimum Gasteiger partial charge on any atom is -0.495 e. The van der Waals surface area contributed by atoms with Crippen LogP contribution in [0.5, 0.6) is 5.75 Å². The van der Waals surface area contributed by atoms with Crippen molar-refractivity contribution in [2.45, 2.75) is 95.3 Å². The summed E-state index contributed by atoms with van der Waals surface area (Å²) in [5.74, 6) is 4.42. The number of imide groups is 1. The maximum atomic E-state index is 16.3. The molecule has 15 heteroatoms. The number of halogens is 3. The van der Waals surface area contributed by atoms with Gasteiger partial charge in [0.25, 0.3) is 11.8 Å². The zero-order chi connectivity index (χ0) is 47.9. The first kappa shape index (κ1) is 45.8. The van der Waals surface area contributed by atoms with Crippen LogP contribution in [0.25, 0.3) is 0 Å². The molecule has 4 fully saturated rings. The van der Waals surface area contributed by atoms with Crippen LogP contribution in [-0.2, 0) is 26.3 Å². The molecule has 0 bridgehead atoms. The molecule has 1 saturated carbocycles. The molecule has 5 aliphatic heterocycles. The highest BCUT2D eigenvalue weighted by molar-refractivity contribution is 6.31. The van der Waals surface area contributed by atoms with E-state index in [9.17, 15) is 24.0 Å². The predicted molar refractivity (Wildman–Crippen MR) is 257 cm³/mol. The lowest BCUT2D eigenvalue weighted by molar-refractivity contribution is -0.137. The molecule has 3 saturated heterocycles. The first-order chi connectivity index (χ1) is 32.5. The summed E-state index contributed by atoms with van der Waals surface area (Å²) in [5.41, 5.74) is 4.01. The van der Waals surface area contributed by atoms with Gasteiger partial charge < -0.3 is 30.5 Å². The normalized spacial score (nSPS) is 27.0. The number of benzene rings is 4. The zero-order valence-corrected chi connectivity index (χ0v) is 39.9. The Kier molecular flexibility index (Phi) is 11.6. The second-order valence-corrected chi connectivity index (χ2v) is 21.4. The number of nitrogens with zero attached hydrogens (tertiary/aromatic N) is 2. The van der Waals surface area contributed by atoms with E-state index in [2.05, 4.69) is 53.9 Å². The molecule has 5 heterocycles. The van der Waals surface area contributed by atoms with Gasteiger partial charge in [-0.25, -0.2) is 4.39 Å². The van der Waals surface area contributed by atoms with Gasteiger partial charge in [0.2, 0.25) is 17.7 Å². The van der Waals surface area contributed by atoms with Crippen molar-refractivity contribution in [3.05, 3.63) is 122 Å². The summed E-state index contributed by atoms with van der Waals surface area (Å²) in [5, 5.41) is 13.2. The number of ether oxygens (including phenoxy) is 1. The number of hydrogen-bond acceptors (Lipinski definition) is 8. The van der Waals surface area contributed by atoms with E-state index >= 15 is 4.39 Å². The number of carbonyl (C=O) groups is 5. The molecule has 4 N–H and O–H groups in total. The molecule has 2 spiro atoms. The van der Waals surface area contributed by atoms with Crippen molar-refractivity contribution in [3.63, 3.8) is 0 Å². The molecule has 4 aromatic rings. The lowest BCUT2D eigenvalue weighted by Crippen LogP contribution is -2.52. The van der Waals surface area contributed by atoms with Gasteiger partial charge in [-0.05, 0) is 109 Å². The van der Waals surface area contributed by atoms with Crippen LogP contribution >= 0.6 is 23.2 Å². The third-order valence-corrected chi connectivity index (χ3v) is 15.6. The van der Waals surface area contributed by atoms with Gasteiger partial charge in [0.15, 0.2) is 0 Å². The molecule has 0 radical (unpaired) electrons. The summed E-state index contributed by atoms with van der Waals surface area (Å²) in [6.45, 7) is 8.32. The molecule has 5 amide bonds. The van der Waals surface area contributed by atoms with Crippen LogP contribution in [-0.4, -0.2) is 84.2 Å². The Hall–Kier alpha value is -5.94. The molecule has 0 aromatic heterocycles. The second-order valence-electron chi connectivity index (χ2n) is 20.6. The number of hydrogen-bond donors (Lipinski definition) is 4. The summed E-state index contributed by atoms with van der Waals surface area (Å²) >= 11 is 12.9. The third kappa shape index (κ3) is 8.08. The first-order valence-corrected chi connectivity index (χ1v) is 24.1. The van der Waals surface area contributed by atoms with E-state index in [-0.39, 0.29) is 64.4 Å². The molecule has 7 atom stereocenters. The number of nitrogens with one attached hydrogen (secondary N) is 4. The largest absolute Gasteiger partial charge is 0.495 e. The van der Waals surface area contributed by atoms with Crippen LogP contribution in [0.1, 0.15) is 108 Å². The van der Waals surface area contributed by atoms with Gasteiger partial charge in [0.1, 0.15) is 17.6 Å². The van der Waals surface area contributed by atoms with E-state index in [4.69, 9.17) is 27.9 Å². The molecule has 6 aliphatic rings. The van der Waals surface area contributed by atoms with E-state index in [0.29, 0.717) is 65.6 Å². The van der Waals surface area contributed by atoms with Crippen molar-refractivity contribution in [2.75, 3.05) is 37.4 Å². The number of methoxy groups -OCH3 is 1. The summed E-state index contributed by atoms with van der Waals surface area (Å²) in [6, 6.07) is 19.3. The number of likely N-dealkylation sites (tertiary alicyclic amines) is 1. The summed E-state index contributed by atoms with van der Waals surface area (Å²) < 4.78 is 22.2. The topological polar surface area (TPSA) is 149 Å². The fourth-order valence-electron chi connectivity index (χ4n) is 11.7. The Bertz CT molecular complexity index is 2870. The van der Waals surface area contributed by atoms with Crippen LogP contribution in [0.2, 0.25) is 10.0 Å². The highest BCUT2D eigenvalue weighted by Gasteiger charge is 2.62. The molecule has 4 aromatic carbocycles. The summed E-state index contributed by atoms with van der Waals surface area (Å²) in [4.78, 5) is 69.8. The average Bonchev–Trinajstić information content (AvgIpc) is 3.51. The van der Waals surface area contributed by atoms with E-state index in [1.807, 2.05) is 35.2 Å². The molecule has 68 heavy (non-hydrogen) atoms. The molecule has 1 unspecified atom stereocenters. The summed E-state index contributed by atoms with van der Waals surface area (Å²) in [6.07, 6.45) is 3.83. The Balaban J connectivity index is 0.850. The quantitative estimate of drug-likeness (QED) is 0.108. The van der Waals surface area contributed by atoms with Crippen LogP contribution in [0, 0.1) is 34.4 Å². The molecule has 12 nitrogen and oxygen atoms in total. The SMILES string of the molecule is COc1cc(C(=O)N2CCC[C@]3(C[C@@H]3C#Cc3ccc4c(c3)CN(C3CCC(=O)NC3=O)C4=O)C2)ccc1NC(=O)[C@@H]1N[C@@H](CC(C)(C)C)[C@@]2(CNc3cc(Cl)ccc32)[C@H]1c1cccc(Cl)c1F. The molecule has 352 valence electrons. The van der Waals surface area contributed by atoms with E-state index in [0.717, 1.165) is 41.6 Å². The third-order valence-electron chi connectivity index (χ3n) is 15.1. The number of amides is 5. The maximum absolute atomic E-state index is 16.3. The Morgan fingerprint density at radius 1 is 1.03 bits per heavy atom. The fourth-order valence-corrected chi connectivity index (χ4v) is 12.1. The monoisotopic (exact) mass is 958 g/mol. The van der Waals surface area contributed by atoms with Gasteiger partial charge in [-0.3, -0.25) is 29.3 Å². The predicted octanol–water partition coefficient (Wildman–Crippen LogP) is 8.06. The van der Waals surface area contributed by atoms with Crippen molar-refractivity contribution in [1.82, 2.24) is 20.4 Å². The Labute approximate surface area is 405 Å². The van der Waals surface area contributed by atoms with Gasteiger partial charge in [-0.2, -0.15) is 0 Å². The van der Waals surface area contributed by atoms with Gasteiger partial charge in [-0.15, -0.1) is 0 Å². The minimum absolute atomic E-state index is 0.0255. The van der Waals surface area contributed by atoms with Gasteiger partial charge in [0, 0.05) is 88.7 Å². The lowest BCUT2D eigenvalue weighted by atomic mass is 9.63. The smallest absolute Gasteiger partial charge is 0.255 e. The van der Waals surface area contributed by atoms with Gasteiger partial charge in [-0.1, -0.05) is 74.0 Å². The Morgan fingerprint density at radius 3 is 2.63 bits per heavy atom. The zero-order valence-electron chi connectivity index (χ0n) is 38.4. The standard InChI is InChI=1S/C53H53Cl2FN6O6/c1-51(2,3)25-42-53(27-57-39-23-33(54)13-15-36(39)53)44(35-7-5-8-37(55)45(35)56)46(59-42)48(65)58-38-16-11-30(22-41(38)68-4)49(66)61-20-6-19-52(28-61)24-32(52)12-9-29-10-14-34-31(21-29)26-62(50(34)67)40-17-18-43(63)60-47(40)64/h5,7-8,10-11,13-16,21-23,32,40,42,44,46,57,59H,6,17-20,24-28H2,1-4H3,(H,58,65)(H,60,63,64)/t32-,40?,42-,44-,46+,52-,53-/m0/s1. The van der Waals surface area contributed by atoms with Crippen LogP contribution in [0.4, 0.5) is 15.8 Å². The average molecular weight is 960 g/mol. The molecular weight excluding hydrogens is 907 g/mol. The van der Waals surface area contributed by atoms with Crippen molar-refractivity contribution in [1.29, 1.82) is 0 Å². The van der Waals surface area contributed by atoms with Crippen molar-refractivity contribution in [2.24, 2.45) is 16.7 Å². The van der Waals surface area contributed by atoms with Crippen LogP contribution < -0.4 is 26.0 Å². The first-order valence-electron chi connectivity index (χ1n) is 23.3. The van der Waals surface area contributed by atoms with Crippen molar-refractivity contribution >= 4 is 64.1 Å². The summed E-state index contributed by atoms with van der Waals surface area (Å²) in [7, 11) is 1.49. The van der Waals surface area contributed by atoms with Crippen molar-refractivity contribution < 1.29 is 33.1 Å². The van der Waals surface area contributed by atoms with Gasteiger partial charge in [0.05, 0.1) is 23.9 Å². The number of carbonyl (C=O) groups excluding carboxylic acids is 5. The molecule has 10 rings (SSSR count). The van der Waals surface area contributed by atoms with E-state index < -0.39 is 35.1 Å². The molecule has 1 aliphatic carbocycles. The Morgan fingerprint density at radius 2 is 1.85 bits per heavy atom. The van der Waals surface area contributed by atoms with Crippen molar-refractivity contribution in [3.8, 4) is 17.6 Å². The highest BCUT2D eigenvalue weighted by Crippen LogP contribution is 2.58. The molecular formula is C53H53Cl2FN6O6.